The lowest BCUT2D eigenvalue weighted by Gasteiger charge is -2.06. The molecule has 0 radical (unpaired) electrons. The van der Waals surface area contributed by atoms with Crippen LogP contribution in [-0.2, 0) is 16.0 Å². The van der Waals surface area contributed by atoms with Crippen LogP contribution >= 0.6 is 22.7 Å². The predicted molar refractivity (Wildman–Crippen MR) is 99.3 cm³/mol. The van der Waals surface area contributed by atoms with Crippen molar-refractivity contribution < 1.29 is 18.4 Å². The van der Waals surface area contributed by atoms with Crippen LogP contribution in [0.5, 0.6) is 0 Å². The molecular formula is C18H14F2N2O2S2. The summed E-state index contributed by atoms with van der Waals surface area (Å²) in [7, 11) is 0. The molecule has 134 valence electrons. The van der Waals surface area contributed by atoms with Crippen molar-refractivity contribution in [3.63, 3.8) is 0 Å². The van der Waals surface area contributed by atoms with Crippen LogP contribution in [0.1, 0.15) is 4.88 Å². The molecule has 0 bridgehead atoms. The van der Waals surface area contributed by atoms with Gasteiger partial charge in [-0.1, -0.05) is 6.07 Å². The third kappa shape index (κ3) is 4.53. The third-order valence-electron chi connectivity index (χ3n) is 3.47. The Morgan fingerprint density at radius 2 is 1.81 bits per heavy atom. The highest BCUT2D eigenvalue weighted by Gasteiger charge is 2.14. The SMILES string of the molecule is O=C(NCCc1ccc(-c2cccs2)s1)C(=O)Nc1ccc(F)c(F)c1. The molecule has 0 saturated heterocycles. The number of thiophene rings is 2. The van der Waals surface area contributed by atoms with Gasteiger partial charge in [-0.15, -0.1) is 22.7 Å². The Morgan fingerprint density at radius 1 is 0.962 bits per heavy atom. The van der Waals surface area contributed by atoms with E-state index in [0.717, 1.165) is 21.9 Å². The second-order valence-electron chi connectivity index (χ2n) is 5.33. The zero-order valence-corrected chi connectivity index (χ0v) is 15.1. The molecule has 2 amide bonds. The maximum Gasteiger partial charge on any atom is 0.313 e. The number of nitrogens with one attached hydrogen (secondary N) is 2. The van der Waals surface area contributed by atoms with E-state index in [9.17, 15) is 18.4 Å². The zero-order valence-electron chi connectivity index (χ0n) is 13.4. The summed E-state index contributed by atoms with van der Waals surface area (Å²) in [6.07, 6.45) is 0.597. The fourth-order valence-corrected chi connectivity index (χ4v) is 4.05. The first-order valence-corrected chi connectivity index (χ1v) is 9.39. The fraction of sp³-hybridized carbons (Fsp3) is 0.111. The molecule has 3 rings (SSSR count). The normalized spacial score (nSPS) is 10.5. The van der Waals surface area contributed by atoms with Crippen molar-refractivity contribution in [2.24, 2.45) is 0 Å². The largest absolute Gasteiger partial charge is 0.347 e. The third-order valence-corrected chi connectivity index (χ3v) is 5.68. The lowest BCUT2D eigenvalue weighted by molar-refractivity contribution is -0.136. The molecule has 3 aromatic rings. The fourth-order valence-electron chi connectivity index (χ4n) is 2.20. The van der Waals surface area contributed by atoms with E-state index >= 15 is 0 Å². The van der Waals surface area contributed by atoms with Crippen LogP contribution in [0.3, 0.4) is 0 Å². The number of carbonyl (C=O) groups is 2. The van der Waals surface area contributed by atoms with Gasteiger partial charge in [0.1, 0.15) is 0 Å². The van der Waals surface area contributed by atoms with Gasteiger partial charge in [-0.05, 0) is 42.1 Å². The second-order valence-corrected chi connectivity index (χ2v) is 7.45. The summed E-state index contributed by atoms with van der Waals surface area (Å²) in [6, 6.07) is 10.9. The van der Waals surface area contributed by atoms with Gasteiger partial charge < -0.3 is 10.6 Å². The van der Waals surface area contributed by atoms with E-state index < -0.39 is 23.4 Å². The summed E-state index contributed by atoms with van der Waals surface area (Å²) < 4.78 is 25.9. The summed E-state index contributed by atoms with van der Waals surface area (Å²) >= 11 is 3.30. The monoisotopic (exact) mass is 392 g/mol. The maximum absolute atomic E-state index is 13.1. The molecule has 0 fully saturated rings. The Balaban J connectivity index is 1.47. The van der Waals surface area contributed by atoms with Crippen LogP contribution in [0, 0.1) is 11.6 Å². The molecule has 0 saturated carbocycles. The van der Waals surface area contributed by atoms with Gasteiger partial charge >= 0.3 is 11.8 Å². The molecule has 1 aromatic carbocycles. The highest BCUT2D eigenvalue weighted by Crippen LogP contribution is 2.31. The number of amides is 2. The van der Waals surface area contributed by atoms with E-state index in [1.54, 1.807) is 22.7 Å². The first-order valence-electron chi connectivity index (χ1n) is 7.70. The number of halogens is 2. The van der Waals surface area contributed by atoms with E-state index in [0.29, 0.717) is 13.0 Å². The number of rotatable bonds is 5. The standard InChI is InChI=1S/C18H14F2N2O2S2/c19-13-5-3-11(10-14(13)20)22-18(24)17(23)21-8-7-12-4-6-16(26-12)15-2-1-9-25-15/h1-6,9-10H,7-8H2,(H,21,23)(H,22,24). The van der Waals surface area contributed by atoms with Crippen molar-refractivity contribution in [3.8, 4) is 9.75 Å². The average Bonchev–Trinajstić information content (AvgIpc) is 3.29. The van der Waals surface area contributed by atoms with Crippen LogP contribution in [0.4, 0.5) is 14.5 Å². The van der Waals surface area contributed by atoms with Gasteiger partial charge in [0, 0.05) is 32.9 Å². The molecule has 0 aliphatic rings. The molecule has 0 aliphatic heterocycles. The number of benzene rings is 1. The summed E-state index contributed by atoms with van der Waals surface area (Å²) in [6.45, 7) is 0.300. The van der Waals surface area contributed by atoms with Crippen molar-refractivity contribution in [1.29, 1.82) is 0 Å². The van der Waals surface area contributed by atoms with Gasteiger partial charge in [0.05, 0.1) is 0 Å². The highest BCUT2D eigenvalue weighted by atomic mass is 32.1. The lowest BCUT2D eigenvalue weighted by atomic mass is 10.3. The molecular weight excluding hydrogens is 378 g/mol. The molecule has 26 heavy (non-hydrogen) atoms. The maximum atomic E-state index is 13.1. The minimum atomic E-state index is -1.09. The number of hydrogen-bond donors (Lipinski definition) is 2. The molecule has 4 nitrogen and oxygen atoms in total. The Kier molecular flexibility index (Phi) is 5.75. The van der Waals surface area contributed by atoms with Gasteiger partial charge in [0.15, 0.2) is 11.6 Å². The van der Waals surface area contributed by atoms with Crippen molar-refractivity contribution in [2.75, 3.05) is 11.9 Å². The van der Waals surface area contributed by atoms with Gasteiger partial charge in [-0.2, -0.15) is 0 Å². The van der Waals surface area contributed by atoms with Crippen LogP contribution < -0.4 is 10.6 Å². The topological polar surface area (TPSA) is 58.2 Å². The van der Waals surface area contributed by atoms with Crippen molar-refractivity contribution in [3.05, 3.63) is 64.4 Å². The first-order chi connectivity index (χ1) is 12.5. The van der Waals surface area contributed by atoms with Gasteiger partial charge in [-0.3, -0.25) is 9.59 Å². The zero-order chi connectivity index (χ0) is 18.5. The minimum Gasteiger partial charge on any atom is -0.347 e. The van der Waals surface area contributed by atoms with Crippen molar-refractivity contribution >= 4 is 40.2 Å². The first kappa shape index (κ1) is 18.2. The lowest BCUT2D eigenvalue weighted by Crippen LogP contribution is -2.36. The van der Waals surface area contributed by atoms with E-state index in [-0.39, 0.29) is 5.69 Å². The summed E-state index contributed by atoms with van der Waals surface area (Å²) in [5.41, 5.74) is 0.0166. The quantitative estimate of drug-likeness (QED) is 0.644. The van der Waals surface area contributed by atoms with Gasteiger partial charge in [0.2, 0.25) is 0 Å². The molecule has 2 aromatic heterocycles. The molecule has 0 atom stereocenters. The van der Waals surface area contributed by atoms with Crippen molar-refractivity contribution in [2.45, 2.75) is 6.42 Å². The van der Waals surface area contributed by atoms with E-state index in [2.05, 4.69) is 10.6 Å². The second kappa shape index (κ2) is 8.20. The molecule has 0 unspecified atom stereocenters. The Morgan fingerprint density at radius 3 is 2.54 bits per heavy atom. The average molecular weight is 392 g/mol. The van der Waals surface area contributed by atoms with E-state index in [1.807, 2.05) is 29.6 Å². The smallest absolute Gasteiger partial charge is 0.313 e. The highest BCUT2D eigenvalue weighted by molar-refractivity contribution is 7.21. The number of anilines is 1. The molecule has 0 aliphatic carbocycles. The van der Waals surface area contributed by atoms with Crippen LogP contribution in [0.2, 0.25) is 0 Å². The predicted octanol–water partition coefficient (Wildman–Crippen LogP) is 4.05. The van der Waals surface area contributed by atoms with Gasteiger partial charge in [-0.25, -0.2) is 8.78 Å². The van der Waals surface area contributed by atoms with Gasteiger partial charge in [0.25, 0.3) is 0 Å². The van der Waals surface area contributed by atoms with E-state index in [1.165, 1.54) is 10.9 Å². The molecule has 2 heterocycles. The van der Waals surface area contributed by atoms with Crippen LogP contribution in [0.25, 0.3) is 9.75 Å². The van der Waals surface area contributed by atoms with Crippen LogP contribution in [0.15, 0.2) is 47.8 Å². The van der Waals surface area contributed by atoms with Crippen LogP contribution in [-0.4, -0.2) is 18.4 Å². The molecule has 2 N–H and O–H groups in total. The summed E-state index contributed by atoms with van der Waals surface area (Å²) in [4.78, 5) is 27.0. The number of hydrogen-bond acceptors (Lipinski definition) is 4. The Labute approximate surface area is 156 Å². The number of carbonyl (C=O) groups excluding carboxylic acids is 2. The molecule has 8 heteroatoms. The minimum absolute atomic E-state index is 0.0166. The van der Waals surface area contributed by atoms with Crippen molar-refractivity contribution in [1.82, 2.24) is 5.32 Å². The van der Waals surface area contributed by atoms with E-state index in [4.69, 9.17) is 0 Å². The summed E-state index contributed by atoms with van der Waals surface area (Å²) in [5.74, 6) is -3.88. The Hall–Kier alpha value is -2.58. The molecule has 0 spiro atoms. The Bertz CT molecular complexity index is 923. The summed E-state index contributed by atoms with van der Waals surface area (Å²) in [5, 5.41) is 6.75.